The summed E-state index contributed by atoms with van der Waals surface area (Å²) < 4.78 is 23.1. The second-order valence-electron chi connectivity index (χ2n) is 6.47. The second kappa shape index (κ2) is 10.8. The van der Waals surface area contributed by atoms with Crippen molar-refractivity contribution >= 4 is 34.5 Å². The highest BCUT2D eigenvalue weighted by atomic mass is 127. The third kappa shape index (κ3) is 4.93. The molecule has 0 aliphatic heterocycles. The van der Waals surface area contributed by atoms with E-state index < -0.39 is 11.9 Å². The molecule has 0 aliphatic carbocycles. The Balaban J connectivity index is 2.33. The first-order chi connectivity index (χ1) is 16.0. The van der Waals surface area contributed by atoms with Crippen LogP contribution in [0.15, 0.2) is 42.5 Å². The number of esters is 2. The molecule has 0 saturated heterocycles. The molecule has 10 heteroatoms. The summed E-state index contributed by atoms with van der Waals surface area (Å²) in [5.41, 5.74) is 1.15. The SMILES string of the molecule is CCOc1cc(-c2nn(-c3ccccc3)c(C(=O)OC)c2C(=O)OC)cc(I)c1OCC#N. The number of hydrogen-bond acceptors (Lipinski definition) is 8. The molecule has 3 aromatic rings. The smallest absolute Gasteiger partial charge is 0.357 e. The number of nitrogens with zero attached hydrogens (tertiary/aromatic N) is 3. The van der Waals surface area contributed by atoms with Gasteiger partial charge in [-0.1, -0.05) is 18.2 Å². The van der Waals surface area contributed by atoms with Gasteiger partial charge in [0.25, 0.3) is 0 Å². The number of ether oxygens (including phenoxy) is 4. The predicted octanol–water partition coefficient (Wildman–Crippen LogP) is 4.02. The molecule has 3 rings (SSSR count). The van der Waals surface area contributed by atoms with Crippen molar-refractivity contribution in [2.75, 3.05) is 27.4 Å². The monoisotopic (exact) mass is 561 g/mol. The van der Waals surface area contributed by atoms with E-state index in [0.29, 0.717) is 32.9 Å². The molecule has 0 N–H and O–H groups in total. The van der Waals surface area contributed by atoms with Crippen molar-refractivity contribution < 1.29 is 28.5 Å². The highest BCUT2D eigenvalue weighted by molar-refractivity contribution is 14.1. The molecule has 170 valence electrons. The van der Waals surface area contributed by atoms with E-state index in [-0.39, 0.29) is 23.6 Å². The summed E-state index contributed by atoms with van der Waals surface area (Å²) in [6, 6.07) is 14.2. The lowest BCUT2D eigenvalue weighted by atomic mass is 10.0. The molecule has 0 amide bonds. The average Bonchev–Trinajstić information content (AvgIpc) is 3.24. The lowest BCUT2D eigenvalue weighted by Gasteiger charge is -2.14. The van der Waals surface area contributed by atoms with Gasteiger partial charge in [-0.2, -0.15) is 10.4 Å². The Labute approximate surface area is 204 Å². The van der Waals surface area contributed by atoms with Crippen LogP contribution >= 0.6 is 22.6 Å². The number of para-hydroxylation sites is 1. The molecule has 2 aromatic carbocycles. The van der Waals surface area contributed by atoms with Crippen molar-refractivity contribution in [3.8, 4) is 34.5 Å². The maximum absolute atomic E-state index is 12.8. The second-order valence-corrected chi connectivity index (χ2v) is 7.63. The van der Waals surface area contributed by atoms with Crippen molar-refractivity contribution in [1.82, 2.24) is 9.78 Å². The lowest BCUT2D eigenvalue weighted by Crippen LogP contribution is -2.15. The number of methoxy groups -OCH3 is 2. The molecule has 9 nitrogen and oxygen atoms in total. The zero-order valence-corrected chi connectivity index (χ0v) is 20.3. The first-order valence-electron chi connectivity index (χ1n) is 9.78. The molecule has 0 unspecified atom stereocenters. The van der Waals surface area contributed by atoms with Crippen molar-refractivity contribution in [2.45, 2.75) is 6.92 Å². The van der Waals surface area contributed by atoms with Gasteiger partial charge in [-0.3, -0.25) is 0 Å². The Hall–Kier alpha value is -3.59. The van der Waals surface area contributed by atoms with Gasteiger partial charge in [-0.05, 0) is 53.8 Å². The normalized spacial score (nSPS) is 10.3. The molecule has 0 radical (unpaired) electrons. The Bertz CT molecular complexity index is 1220. The Morgan fingerprint density at radius 1 is 1.09 bits per heavy atom. The lowest BCUT2D eigenvalue weighted by molar-refractivity contribution is 0.0549. The maximum atomic E-state index is 12.8. The molecule has 1 heterocycles. The minimum atomic E-state index is -0.745. The van der Waals surface area contributed by atoms with Gasteiger partial charge in [0.1, 0.15) is 17.3 Å². The van der Waals surface area contributed by atoms with Crippen LogP contribution in [0.25, 0.3) is 16.9 Å². The number of carbonyl (C=O) groups is 2. The van der Waals surface area contributed by atoms with Gasteiger partial charge >= 0.3 is 11.9 Å². The van der Waals surface area contributed by atoms with E-state index in [1.807, 2.05) is 41.7 Å². The highest BCUT2D eigenvalue weighted by Crippen LogP contribution is 2.39. The minimum Gasteiger partial charge on any atom is -0.490 e. The van der Waals surface area contributed by atoms with E-state index in [1.54, 1.807) is 36.4 Å². The molecule has 0 aliphatic rings. The van der Waals surface area contributed by atoms with Gasteiger partial charge in [-0.25, -0.2) is 14.3 Å². The summed E-state index contributed by atoms with van der Waals surface area (Å²) in [4.78, 5) is 25.6. The van der Waals surface area contributed by atoms with Crippen molar-refractivity contribution in [2.24, 2.45) is 0 Å². The molecule has 0 spiro atoms. The summed E-state index contributed by atoms with van der Waals surface area (Å²) in [7, 11) is 2.45. The van der Waals surface area contributed by atoms with Gasteiger partial charge in [0, 0.05) is 5.56 Å². The van der Waals surface area contributed by atoms with Gasteiger partial charge in [0.2, 0.25) is 0 Å². The fourth-order valence-electron chi connectivity index (χ4n) is 3.17. The van der Waals surface area contributed by atoms with Crippen LogP contribution in [0.1, 0.15) is 27.8 Å². The van der Waals surface area contributed by atoms with Crippen LogP contribution in [0.2, 0.25) is 0 Å². The largest absolute Gasteiger partial charge is 0.490 e. The van der Waals surface area contributed by atoms with Crippen LogP contribution in [0, 0.1) is 14.9 Å². The fraction of sp³-hybridized carbons (Fsp3) is 0.217. The molecule has 1 aromatic heterocycles. The summed E-state index contributed by atoms with van der Waals surface area (Å²) in [5.74, 6) is -0.713. The first kappa shape index (κ1) is 24.1. The third-order valence-corrected chi connectivity index (χ3v) is 5.32. The van der Waals surface area contributed by atoms with E-state index in [1.165, 1.54) is 18.9 Å². The number of hydrogen-bond donors (Lipinski definition) is 0. The van der Waals surface area contributed by atoms with Crippen molar-refractivity contribution in [3.05, 3.63) is 57.3 Å². The van der Waals surface area contributed by atoms with Crippen LogP contribution in [-0.2, 0) is 9.47 Å². The summed E-state index contributed by atoms with van der Waals surface area (Å²) in [6.45, 7) is 2.00. The number of aromatic nitrogens is 2. The maximum Gasteiger partial charge on any atom is 0.357 e. The van der Waals surface area contributed by atoms with Crippen LogP contribution in [0.5, 0.6) is 11.5 Å². The first-order valence-corrected chi connectivity index (χ1v) is 10.9. The Morgan fingerprint density at radius 3 is 2.39 bits per heavy atom. The van der Waals surface area contributed by atoms with Crippen molar-refractivity contribution in [1.29, 1.82) is 5.26 Å². The zero-order valence-electron chi connectivity index (χ0n) is 18.1. The number of rotatable bonds is 8. The van der Waals surface area contributed by atoms with E-state index >= 15 is 0 Å². The number of carbonyl (C=O) groups excluding carboxylic acids is 2. The summed E-state index contributed by atoms with van der Waals surface area (Å²) in [6.07, 6.45) is 0. The van der Waals surface area contributed by atoms with Crippen LogP contribution < -0.4 is 9.47 Å². The quantitative estimate of drug-likeness (QED) is 0.300. The molecular formula is C23H20IN3O6. The topological polar surface area (TPSA) is 113 Å². The van der Waals surface area contributed by atoms with E-state index in [4.69, 9.17) is 24.2 Å². The fourth-order valence-corrected chi connectivity index (χ4v) is 3.93. The average molecular weight is 561 g/mol. The number of nitriles is 1. The molecule has 33 heavy (non-hydrogen) atoms. The van der Waals surface area contributed by atoms with E-state index in [9.17, 15) is 9.59 Å². The minimum absolute atomic E-state index is 0.0443. The summed E-state index contributed by atoms with van der Waals surface area (Å²) >= 11 is 2.05. The van der Waals surface area contributed by atoms with E-state index in [2.05, 4.69) is 5.10 Å². The zero-order chi connectivity index (χ0) is 24.0. The van der Waals surface area contributed by atoms with E-state index in [0.717, 1.165) is 0 Å². The van der Waals surface area contributed by atoms with Crippen LogP contribution in [0.3, 0.4) is 0 Å². The molecule has 0 saturated carbocycles. The predicted molar refractivity (Wildman–Crippen MR) is 127 cm³/mol. The summed E-state index contributed by atoms with van der Waals surface area (Å²) in [5, 5.41) is 13.5. The third-order valence-electron chi connectivity index (χ3n) is 4.52. The standard InChI is InChI=1S/C23H20IN3O6/c1-4-32-17-13-14(12-16(24)21(17)33-11-10-25)19-18(22(28)30-2)20(23(29)31-3)27(26-19)15-8-6-5-7-9-15/h5-9,12-13H,4,11H2,1-3H3. The number of benzene rings is 2. The van der Waals surface area contributed by atoms with Crippen LogP contribution in [-0.4, -0.2) is 49.2 Å². The van der Waals surface area contributed by atoms with Crippen LogP contribution in [0.4, 0.5) is 0 Å². The van der Waals surface area contributed by atoms with Gasteiger partial charge in [-0.15, -0.1) is 0 Å². The van der Waals surface area contributed by atoms with Gasteiger partial charge in [0.05, 0.1) is 30.1 Å². The highest BCUT2D eigenvalue weighted by Gasteiger charge is 2.32. The molecule has 0 bridgehead atoms. The molecular weight excluding hydrogens is 541 g/mol. The Morgan fingerprint density at radius 2 is 1.79 bits per heavy atom. The van der Waals surface area contributed by atoms with Crippen molar-refractivity contribution in [3.63, 3.8) is 0 Å². The van der Waals surface area contributed by atoms with Gasteiger partial charge in [0.15, 0.2) is 23.8 Å². The van der Waals surface area contributed by atoms with Gasteiger partial charge < -0.3 is 18.9 Å². The molecule has 0 fully saturated rings. The Kier molecular flexibility index (Phi) is 7.89. The molecule has 0 atom stereocenters. The number of halogens is 1.